The SMILES string of the molecule is CCCC1N(C)CCCC1(Oc1csc(C(F)(F)F)c1)C(=O)N1CCC(C#N)(c2cccc(F)c2OCCC2(C(=O)O)CCC2)CC1. The number of thiophene rings is 1. The zero-order chi connectivity index (χ0) is 34.0. The van der Waals surface area contributed by atoms with Crippen LogP contribution < -0.4 is 9.47 Å². The number of carbonyl (C=O) groups is 2. The van der Waals surface area contributed by atoms with E-state index < -0.39 is 39.3 Å². The highest BCUT2D eigenvalue weighted by atomic mass is 32.1. The van der Waals surface area contributed by atoms with Crippen molar-refractivity contribution < 1.29 is 41.7 Å². The van der Waals surface area contributed by atoms with E-state index in [0.29, 0.717) is 55.5 Å². The number of para-hydroxylation sites is 1. The normalized spacial score (nSPS) is 24.2. The standard InChI is InChI=1S/C34H41F4N3O5S/c1-3-7-26-33(12-6-16-40(26)2,46-23-20-27(47-21-23)34(36,37)38)29(42)41-17-13-32(22-39,14-18-41)24-8-4-9-25(35)28(24)45-19-15-31(30(43)44)10-5-11-31/h4,8-9,20-21,26H,3,5-7,10-19H2,1-2H3,(H,43,44). The van der Waals surface area contributed by atoms with Crippen molar-refractivity contribution in [3.05, 3.63) is 45.9 Å². The van der Waals surface area contributed by atoms with Gasteiger partial charge in [-0.25, -0.2) is 4.39 Å². The number of nitrogens with zero attached hydrogens (tertiary/aromatic N) is 3. The number of ether oxygens (including phenoxy) is 2. The van der Waals surface area contributed by atoms with Crippen molar-refractivity contribution in [2.24, 2.45) is 5.41 Å². The third-order valence-corrected chi connectivity index (χ3v) is 11.4. The van der Waals surface area contributed by atoms with Gasteiger partial charge in [0.25, 0.3) is 5.91 Å². The van der Waals surface area contributed by atoms with Crippen LogP contribution in [0.5, 0.6) is 11.5 Å². The van der Waals surface area contributed by atoms with Crippen molar-refractivity contribution in [1.29, 1.82) is 5.26 Å². The Hall–Kier alpha value is -3.37. The number of piperidine rings is 2. The second kappa shape index (κ2) is 13.6. The molecule has 0 radical (unpaired) electrons. The number of rotatable bonds is 11. The van der Waals surface area contributed by atoms with E-state index in [9.17, 15) is 33.1 Å². The molecule has 1 amide bonds. The number of hydrogen-bond donors (Lipinski definition) is 1. The van der Waals surface area contributed by atoms with Crippen molar-refractivity contribution >= 4 is 23.2 Å². The summed E-state index contributed by atoms with van der Waals surface area (Å²) in [5.74, 6) is -1.95. The molecule has 5 rings (SSSR count). The summed E-state index contributed by atoms with van der Waals surface area (Å²) in [5.41, 5.74) is -3.11. The minimum Gasteiger partial charge on any atom is -0.490 e. The number of likely N-dealkylation sites (tertiary alicyclic amines) is 2. The maximum atomic E-state index is 15.2. The molecule has 1 aromatic heterocycles. The number of carbonyl (C=O) groups excluding carboxylic acids is 1. The maximum absolute atomic E-state index is 15.2. The first-order chi connectivity index (χ1) is 22.3. The zero-order valence-electron chi connectivity index (χ0n) is 26.7. The number of hydrogen-bond acceptors (Lipinski definition) is 7. The van der Waals surface area contributed by atoms with E-state index in [1.165, 1.54) is 17.5 Å². The van der Waals surface area contributed by atoms with Crippen LogP contribution in [-0.2, 0) is 21.2 Å². The molecule has 1 aliphatic carbocycles. The van der Waals surface area contributed by atoms with Crippen LogP contribution in [0.4, 0.5) is 17.6 Å². The Morgan fingerprint density at radius 1 is 1.13 bits per heavy atom. The first-order valence-electron chi connectivity index (χ1n) is 16.2. The molecule has 3 heterocycles. The highest BCUT2D eigenvalue weighted by Gasteiger charge is 2.54. The van der Waals surface area contributed by atoms with Crippen LogP contribution in [0.2, 0.25) is 0 Å². The summed E-state index contributed by atoms with van der Waals surface area (Å²) in [4.78, 5) is 29.2. The van der Waals surface area contributed by atoms with Crippen LogP contribution in [0.25, 0.3) is 0 Å². The molecule has 2 aromatic rings. The number of amides is 1. The van der Waals surface area contributed by atoms with Gasteiger partial charge in [0.1, 0.15) is 10.6 Å². The number of halogens is 4. The number of aliphatic carboxylic acids is 1. The molecule has 0 spiro atoms. The Morgan fingerprint density at radius 3 is 2.43 bits per heavy atom. The molecule has 3 fully saturated rings. The van der Waals surface area contributed by atoms with Crippen molar-refractivity contribution in [3.8, 4) is 17.6 Å². The topological polar surface area (TPSA) is 103 Å². The van der Waals surface area contributed by atoms with Gasteiger partial charge in [-0.15, -0.1) is 11.3 Å². The van der Waals surface area contributed by atoms with Crippen LogP contribution in [0.3, 0.4) is 0 Å². The summed E-state index contributed by atoms with van der Waals surface area (Å²) in [6.07, 6.45) is 0.215. The molecule has 47 heavy (non-hydrogen) atoms. The summed E-state index contributed by atoms with van der Waals surface area (Å²) >= 11 is 0.526. The Labute approximate surface area is 276 Å². The van der Waals surface area contributed by atoms with Crippen LogP contribution >= 0.6 is 11.3 Å². The van der Waals surface area contributed by atoms with Gasteiger partial charge in [0.2, 0.25) is 5.60 Å². The van der Waals surface area contributed by atoms with E-state index in [1.54, 1.807) is 11.0 Å². The van der Waals surface area contributed by atoms with E-state index in [1.807, 2.05) is 18.9 Å². The molecule has 2 saturated heterocycles. The van der Waals surface area contributed by atoms with E-state index in [2.05, 4.69) is 6.07 Å². The third-order valence-electron chi connectivity index (χ3n) is 10.4. The highest BCUT2D eigenvalue weighted by molar-refractivity contribution is 7.10. The number of benzene rings is 1. The Morgan fingerprint density at radius 2 is 1.85 bits per heavy atom. The summed E-state index contributed by atoms with van der Waals surface area (Å²) in [6, 6.07) is 7.32. The Balaban J connectivity index is 1.38. The number of carboxylic acids is 1. The molecule has 256 valence electrons. The maximum Gasteiger partial charge on any atom is 0.425 e. The highest BCUT2D eigenvalue weighted by Crippen LogP contribution is 2.46. The van der Waals surface area contributed by atoms with Gasteiger partial charge in [0, 0.05) is 30.1 Å². The smallest absolute Gasteiger partial charge is 0.425 e. The van der Waals surface area contributed by atoms with Gasteiger partial charge in [-0.1, -0.05) is 31.9 Å². The van der Waals surface area contributed by atoms with Crippen LogP contribution in [0, 0.1) is 22.6 Å². The number of alkyl halides is 3. The fraction of sp³-hybridized carbons (Fsp3) is 0.618. The lowest BCUT2D eigenvalue weighted by molar-refractivity contribution is -0.161. The van der Waals surface area contributed by atoms with Gasteiger partial charge in [-0.2, -0.15) is 18.4 Å². The van der Waals surface area contributed by atoms with Crippen molar-refractivity contribution in [2.45, 2.75) is 94.4 Å². The molecule has 3 aliphatic rings. The van der Waals surface area contributed by atoms with Crippen molar-refractivity contribution in [3.63, 3.8) is 0 Å². The molecule has 0 bridgehead atoms. The molecule has 2 aliphatic heterocycles. The van der Waals surface area contributed by atoms with E-state index in [0.717, 1.165) is 18.9 Å². The van der Waals surface area contributed by atoms with Gasteiger partial charge in [0.05, 0.1) is 29.5 Å². The van der Waals surface area contributed by atoms with Crippen molar-refractivity contribution in [1.82, 2.24) is 9.80 Å². The minimum atomic E-state index is -4.53. The molecule has 2 atom stereocenters. The van der Waals surface area contributed by atoms with E-state index in [-0.39, 0.29) is 62.4 Å². The Kier molecular flexibility index (Phi) is 10.1. The van der Waals surface area contributed by atoms with Crippen LogP contribution in [0.15, 0.2) is 29.6 Å². The minimum absolute atomic E-state index is 0.00332. The van der Waals surface area contributed by atoms with Gasteiger partial charge < -0.3 is 19.5 Å². The predicted octanol–water partition coefficient (Wildman–Crippen LogP) is 7.03. The molecule has 13 heteroatoms. The van der Waals surface area contributed by atoms with Gasteiger partial charge >= 0.3 is 12.1 Å². The average molecular weight is 680 g/mol. The molecule has 1 saturated carbocycles. The Bertz CT molecular complexity index is 1500. The second-order valence-corrected chi connectivity index (χ2v) is 14.1. The first kappa shape index (κ1) is 35.0. The lowest BCUT2D eigenvalue weighted by Crippen LogP contribution is -2.67. The molecule has 1 N–H and O–H groups in total. The molecular formula is C34H41F4N3O5S. The van der Waals surface area contributed by atoms with Gasteiger partial charge in [-0.3, -0.25) is 14.5 Å². The first-order valence-corrected chi connectivity index (χ1v) is 17.1. The number of carboxylic acid groups (broad SMARTS) is 1. The monoisotopic (exact) mass is 679 g/mol. The largest absolute Gasteiger partial charge is 0.490 e. The molecule has 2 unspecified atom stereocenters. The predicted molar refractivity (Wildman–Crippen MR) is 167 cm³/mol. The van der Waals surface area contributed by atoms with Crippen molar-refractivity contribution in [2.75, 3.05) is 33.3 Å². The molecular weight excluding hydrogens is 638 g/mol. The summed E-state index contributed by atoms with van der Waals surface area (Å²) in [7, 11) is 1.89. The summed E-state index contributed by atoms with van der Waals surface area (Å²) < 4.78 is 67.8. The second-order valence-electron chi connectivity index (χ2n) is 13.2. The van der Waals surface area contributed by atoms with Crippen LogP contribution in [-0.4, -0.2) is 71.7 Å². The third kappa shape index (κ3) is 6.68. The lowest BCUT2D eigenvalue weighted by atomic mass is 9.67. The molecule has 8 nitrogen and oxygen atoms in total. The van der Waals surface area contributed by atoms with Crippen LogP contribution in [0.1, 0.15) is 81.6 Å². The average Bonchev–Trinajstić information content (AvgIpc) is 3.49. The van der Waals surface area contributed by atoms with E-state index >= 15 is 4.39 Å². The zero-order valence-corrected chi connectivity index (χ0v) is 27.5. The molecule has 1 aromatic carbocycles. The van der Waals surface area contributed by atoms with Gasteiger partial charge in [0.15, 0.2) is 11.6 Å². The summed E-state index contributed by atoms with van der Waals surface area (Å²) in [6.45, 7) is 2.98. The number of nitriles is 1. The lowest BCUT2D eigenvalue weighted by Gasteiger charge is -2.50. The van der Waals surface area contributed by atoms with Gasteiger partial charge in [-0.05, 0) is 71.0 Å². The fourth-order valence-corrected chi connectivity index (χ4v) is 8.17. The quantitative estimate of drug-likeness (QED) is 0.255. The summed E-state index contributed by atoms with van der Waals surface area (Å²) in [5, 5.41) is 21.5. The fourth-order valence-electron chi connectivity index (χ4n) is 7.50. The number of likely N-dealkylation sites (N-methyl/N-ethyl adjacent to an activating group) is 1. The van der Waals surface area contributed by atoms with E-state index in [4.69, 9.17) is 9.47 Å².